The van der Waals surface area contributed by atoms with Gasteiger partial charge in [0, 0.05) is 5.92 Å². The number of hydrogen-bond donors (Lipinski definition) is 1. The standard InChI is InChI=1S/C18H33NO/c1-14(18(19)20)6-5-7-15-10-12-17(13-11-15)16-8-3-2-4-9-16/h14-17H,2-13H2,1H3,(H2,19,20)/t14?,15-,17-. The van der Waals surface area contributed by atoms with Crippen LogP contribution in [0, 0.1) is 23.7 Å². The van der Waals surface area contributed by atoms with Crippen LogP contribution < -0.4 is 5.73 Å². The Labute approximate surface area is 124 Å². The molecule has 2 nitrogen and oxygen atoms in total. The first-order chi connectivity index (χ1) is 9.66. The molecule has 20 heavy (non-hydrogen) atoms. The molecule has 2 aliphatic carbocycles. The molecule has 0 saturated heterocycles. The van der Waals surface area contributed by atoms with Crippen molar-refractivity contribution in [3.8, 4) is 0 Å². The third-order valence-corrected chi connectivity index (χ3v) is 5.94. The Morgan fingerprint density at radius 1 is 1.00 bits per heavy atom. The van der Waals surface area contributed by atoms with E-state index in [1.54, 1.807) is 0 Å². The SMILES string of the molecule is CC(CCC[C@H]1CC[C@H](C2CCCCC2)CC1)C(N)=O. The van der Waals surface area contributed by atoms with Crippen LogP contribution in [-0.2, 0) is 4.79 Å². The molecule has 1 atom stereocenters. The van der Waals surface area contributed by atoms with E-state index in [0.29, 0.717) is 0 Å². The predicted octanol–water partition coefficient (Wildman–Crippen LogP) is 4.66. The van der Waals surface area contributed by atoms with E-state index in [0.717, 1.165) is 24.2 Å². The summed E-state index contributed by atoms with van der Waals surface area (Å²) in [5.41, 5.74) is 5.32. The Hall–Kier alpha value is -0.530. The van der Waals surface area contributed by atoms with Gasteiger partial charge in [0.2, 0.25) is 5.91 Å². The second kappa shape index (κ2) is 8.05. The molecule has 0 aromatic rings. The van der Waals surface area contributed by atoms with Crippen molar-refractivity contribution in [2.45, 2.75) is 84.0 Å². The topological polar surface area (TPSA) is 43.1 Å². The third-order valence-electron chi connectivity index (χ3n) is 5.94. The quantitative estimate of drug-likeness (QED) is 0.754. The summed E-state index contributed by atoms with van der Waals surface area (Å²) >= 11 is 0. The first-order valence-corrected chi connectivity index (χ1v) is 8.96. The van der Waals surface area contributed by atoms with Gasteiger partial charge in [-0.2, -0.15) is 0 Å². The molecule has 2 rings (SSSR count). The number of hydrogen-bond acceptors (Lipinski definition) is 1. The van der Waals surface area contributed by atoms with Gasteiger partial charge >= 0.3 is 0 Å². The molecule has 0 heterocycles. The van der Waals surface area contributed by atoms with Crippen molar-refractivity contribution in [1.29, 1.82) is 0 Å². The van der Waals surface area contributed by atoms with Gasteiger partial charge in [-0.3, -0.25) is 4.79 Å². The number of carbonyl (C=O) groups excluding carboxylic acids is 1. The largest absolute Gasteiger partial charge is 0.369 e. The van der Waals surface area contributed by atoms with Crippen molar-refractivity contribution >= 4 is 5.91 Å². The lowest BCUT2D eigenvalue weighted by molar-refractivity contribution is -0.121. The highest BCUT2D eigenvalue weighted by Crippen LogP contribution is 2.41. The van der Waals surface area contributed by atoms with Crippen molar-refractivity contribution in [1.82, 2.24) is 0 Å². The molecular weight excluding hydrogens is 246 g/mol. The molecule has 116 valence electrons. The minimum absolute atomic E-state index is 0.0635. The summed E-state index contributed by atoms with van der Waals surface area (Å²) in [6.45, 7) is 1.96. The normalized spacial score (nSPS) is 30.1. The van der Waals surface area contributed by atoms with Gasteiger partial charge in [0.25, 0.3) is 0 Å². The molecule has 0 spiro atoms. The van der Waals surface area contributed by atoms with Gasteiger partial charge in [-0.05, 0) is 37.0 Å². The Morgan fingerprint density at radius 3 is 2.20 bits per heavy atom. The minimum Gasteiger partial charge on any atom is -0.369 e. The van der Waals surface area contributed by atoms with Gasteiger partial charge in [0.05, 0.1) is 0 Å². The van der Waals surface area contributed by atoms with Crippen LogP contribution in [-0.4, -0.2) is 5.91 Å². The van der Waals surface area contributed by atoms with Gasteiger partial charge in [-0.15, -0.1) is 0 Å². The van der Waals surface area contributed by atoms with E-state index < -0.39 is 0 Å². The molecule has 0 radical (unpaired) electrons. The summed E-state index contributed by atoms with van der Waals surface area (Å²) in [5, 5.41) is 0. The molecule has 2 N–H and O–H groups in total. The molecular formula is C18H33NO. The van der Waals surface area contributed by atoms with Crippen molar-refractivity contribution in [3.05, 3.63) is 0 Å². The number of nitrogens with two attached hydrogens (primary N) is 1. The molecule has 1 unspecified atom stereocenters. The fraction of sp³-hybridized carbons (Fsp3) is 0.944. The number of rotatable bonds is 6. The molecule has 2 saturated carbocycles. The number of amides is 1. The highest BCUT2D eigenvalue weighted by molar-refractivity contribution is 5.76. The lowest BCUT2D eigenvalue weighted by atomic mass is 9.70. The van der Waals surface area contributed by atoms with Gasteiger partial charge in [0.15, 0.2) is 0 Å². The van der Waals surface area contributed by atoms with Crippen LogP contribution in [0.15, 0.2) is 0 Å². The summed E-state index contributed by atoms with van der Waals surface area (Å²) in [6, 6.07) is 0. The zero-order valence-electron chi connectivity index (χ0n) is 13.3. The maximum Gasteiger partial charge on any atom is 0.220 e. The van der Waals surface area contributed by atoms with E-state index >= 15 is 0 Å². The number of carbonyl (C=O) groups is 1. The molecule has 2 aliphatic rings. The molecule has 2 heteroatoms. The zero-order chi connectivity index (χ0) is 14.4. The molecule has 2 fully saturated rings. The smallest absolute Gasteiger partial charge is 0.220 e. The monoisotopic (exact) mass is 279 g/mol. The van der Waals surface area contributed by atoms with Crippen LogP contribution in [0.4, 0.5) is 0 Å². The van der Waals surface area contributed by atoms with E-state index in [1.807, 2.05) is 6.92 Å². The molecule has 0 bridgehead atoms. The average Bonchev–Trinajstić information content (AvgIpc) is 2.48. The van der Waals surface area contributed by atoms with Crippen molar-refractivity contribution < 1.29 is 4.79 Å². The fourth-order valence-corrected chi connectivity index (χ4v) is 4.41. The van der Waals surface area contributed by atoms with E-state index in [1.165, 1.54) is 70.6 Å². The first kappa shape index (κ1) is 15.9. The third kappa shape index (κ3) is 4.79. The van der Waals surface area contributed by atoms with E-state index in [-0.39, 0.29) is 11.8 Å². The highest BCUT2D eigenvalue weighted by atomic mass is 16.1. The fourth-order valence-electron chi connectivity index (χ4n) is 4.41. The Morgan fingerprint density at radius 2 is 1.60 bits per heavy atom. The Balaban J connectivity index is 1.60. The second-order valence-electron chi connectivity index (χ2n) is 7.41. The first-order valence-electron chi connectivity index (χ1n) is 8.96. The Kier molecular flexibility index (Phi) is 6.38. The molecule has 0 aromatic heterocycles. The lowest BCUT2D eigenvalue weighted by Crippen LogP contribution is -2.24. The summed E-state index contributed by atoms with van der Waals surface area (Å²) < 4.78 is 0. The maximum atomic E-state index is 11.0. The number of primary amides is 1. The van der Waals surface area contributed by atoms with Crippen molar-refractivity contribution in [2.75, 3.05) is 0 Å². The molecule has 0 aromatic carbocycles. The van der Waals surface area contributed by atoms with Crippen LogP contribution in [0.1, 0.15) is 84.0 Å². The summed E-state index contributed by atoms with van der Waals surface area (Å²) in [5.74, 6) is 2.95. The Bertz CT molecular complexity index is 288. The predicted molar refractivity (Wildman–Crippen MR) is 84.2 cm³/mol. The van der Waals surface area contributed by atoms with Crippen molar-refractivity contribution in [3.63, 3.8) is 0 Å². The van der Waals surface area contributed by atoms with Crippen LogP contribution >= 0.6 is 0 Å². The van der Waals surface area contributed by atoms with Crippen LogP contribution in [0.3, 0.4) is 0 Å². The van der Waals surface area contributed by atoms with Crippen LogP contribution in [0.5, 0.6) is 0 Å². The van der Waals surface area contributed by atoms with Gasteiger partial charge < -0.3 is 5.73 Å². The second-order valence-corrected chi connectivity index (χ2v) is 7.41. The molecule has 0 aliphatic heterocycles. The van der Waals surface area contributed by atoms with Gasteiger partial charge in [-0.25, -0.2) is 0 Å². The van der Waals surface area contributed by atoms with Crippen molar-refractivity contribution in [2.24, 2.45) is 29.4 Å². The lowest BCUT2D eigenvalue weighted by Gasteiger charge is -2.36. The summed E-state index contributed by atoms with van der Waals surface area (Å²) in [7, 11) is 0. The van der Waals surface area contributed by atoms with Gasteiger partial charge in [-0.1, -0.05) is 64.7 Å². The summed E-state index contributed by atoms with van der Waals surface area (Å²) in [6.07, 6.45) is 16.8. The summed E-state index contributed by atoms with van der Waals surface area (Å²) in [4.78, 5) is 11.0. The minimum atomic E-state index is -0.133. The zero-order valence-corrected chi connectivity index (χ0v) is 13.3. The van der Waals surface area contributed by atoms with Crippen LogP contribution in [0.25, 0.3) is 0 Å². The van der Waals surface area contributed by atoms with E-state index in [9.17, 15) is 4.79 Å². The van der Waals surface area contributed by atoms with Crippen LogP contribution in [0.2, 0.25) is 0 Å². The van der Waals surface area contributed by atoms with E-state index in [4.69, 9.17) is 5.73 Å². The highest BCUT2D eigenvalue weighted by Gasteiger charge is 2.28. The maximum absolute atomic E-state index is 11.0. The van der Waals surface area contributed by atoms with E-state index in [2.05, 4.69) is 0 Å². The molecule has 1 amide bonds. The van der Waals surface area contributed by atoms with Gasteiger partial charge in [0.1, 0.15) is 0 Å². The average molecular weight is 279 g/mol.